The molecule has 2 atom stereocenters. The molecule has 0 radical (unpaired) electrons. The van der Waals surface area contributed by atoms with Gasteiger partial charge in [0.25, 0.3) is 5.66 Å². The van der Waals surface area contributed by atoms with E-state index in [4.69, 9.17) is 4.74 Å². The number of halogens is 3. The molecular weight excluding hydrogens is 365 g/mol. The number of hydrogen-bond donors (Lipinski definition) is 2. The second-order valence-electron chi connectivity index (χ2n) is 7.35. The van der Waals surface area contributed by atoms with Crippen molar-refractivity contribution in [2.75, 3.05) is 20.3 Å². The van der Waals surface area contributed by atoms with Crippen molar-refractivity contribution < 1.29 is 32.2 Å². The molecule has 1 amide bonds. The largest absolute Gasteiger partial charge is 0.466 e. The number of amides is 1. The molecule has 2 rings (SSSR count). The summed E-state index contributed by atoms with van der Waals surface area (Å²) in [7, 11) is 0.866. The average Bonchev–Trinajstić information content (AvgIpc) is 3.16. The van der Waals surface area contributed by atoms with Gasteiger partial charge in [-0.25, -0.2) is 4.79 Å². The second kappa shape index (κ2) is 9.73. The molecule has 2 fully saturated rings. The molecule has 0 unspecified atom stereocenters. The van der Waals surface area contributed by atoms with E-state index < -0.39 is 29.8 Å². The van der Waals surface area contributed by atoms with Gasteiger partial charge >= 0.3 is 12.1 Å². The summed E-state index contributed by atoms with van der Waals surface area (Å²) < 4.78 is 51.2. The number of hydrogen-bond acceptors (Lipinski definition) is 5. The fourth-order valence-corrected chi connectivity index (χ4v) is 3.76. The van der Waals surface area contributed by atoms with Crippen molar-refractivity contribution in [2.45, 2.75) is 75.7 Å². The van der Waals surface area contributed by atoms with E-state index in [1.165, 1.54) is 0 Å². The van der Waals surface area contributed by atoms with Gasteiger partial charge in [0, 0.05) is 19.6 Å². The first-order valence-electron chi connectivity index (χ1n) is 9.61. The van der Waals surface area contributed by atoms with Crippen LogP contribution in [0.1, 0.15) is 57.8 Å². The summed E-state index contributed by atoms with van der Waals surface area (Å²) in [6, 6.07) is 0. The molecule has 156 valence electrons. The van der Waals surface area contributed by atoms with E-state index >= 15 is 0 Å². The van der Waals surface area contributed by atoms with Crippen molar-refractivity contribution in [1.29, 1.82) is 0 Å². The van der Waals surface area contributed by atoms with Gasteiger partial charge in [0.15, 0.2) is 0 Å². The van der Waals surface area contributed by atoms with Crippen molar-refractivity contribution in [2.24, 2.45) is 5.92 Å². The highest BCUT2D eigenvalue weighted by Crippen LogP contribution is 2.31. The molecule has 0 aromatic heterocycles. The van der Waals surface area contributed by atoms with E-state index in [0.29, 0.717) is 25.4 Å². The van der Waals surface area contributed by atoms with Gasteiger partial charge in [-0.1, -0.05) is 32.1 Å². The molecule has 0 spiro atoms. The first kappa shape index (κ1) is 21.9. The Hall–Kier alpha value is -1.35. The van der Waals surface area contributed by atoms with Gasteiger partial charge in [-0.2, -0.15) is 13.2 Å². The quantitative estimate of drug-likeness (QED) is 0.489. The summed E-state index contributed by atoms with van der Waals surface area (Å²) in [4.78, 5) is 24.3. The van der Waals surface area contributed by atoms with E-state index in [1.807, 2.05) is 5.32 Å². The number of carbonyl (C=O) groups excluding carboxylic acids is 2. The van der Waals surface area contributed by atoms with Crippen LogP contribution in [0.5, 0.6) is 0 Å². The Morgan fingerprint density at radius 1 is 1.11 bits per heavy atom. The summed E-state index contributed by atoms with van der Waals surface area (Å²) in [5, 5.41) is 4.06. The van der Waals surface area contributed by atoms with Gasteiger partial charge in [-0.3, -0.25) is 10.1 Å². The molecule has 0 aromatic rings. The van der Waals surface area contributed by atoms with Crippen molar-refractivity contribution in [1.82, 2.24) is 10.6 Å². The summed E-state index contributed by atoms with van der Waals surface area (Å²) in [6.07, 6.45) is 1.64. The number of ether oxygens (including phenoxy) is 2. The van der Waals surface area contributed by atoms with E-state index in [-0.39, 0.29) is 13.0 Å². The van der Waals surface area contributed by atoms with Gasteiger partial charge in [-0.05, 0) is 25.2 Å². The first-order chi connectivity index (χ1) is 12.8. The van der Waals surface area contributed by atoms with E-state index in [1.54, 1.807) is 0 Å². The standard InChI is InChI=1S/C18H29F3N2O4/c1-26-16(25)17(18(19,20)21,22-12-14-8-5-11-27-14)23-15(24)10-9-13-6-3-2-4-7-13/h13-14,22H,2-12H2,1H3,(H,23,24)/t14-,17-/m0/s1. The van der Waals surface area contributed by atoms with E-state index in [0.717, 1.165) is 45.6 Å². The summed E-state index contributed by atoms with van der Waals surface area (Å²) in [6.45, 7) is 0.259. The fraction of sp³-hybridized carbons (Fsp3) is 0.889. The SMILES string of the molecule is COC(=O)[C@](NC[C@@H]1CCCO1)(NC(=O)CCC1CCCCC1)C(F)(F)F. The Balaban J connectivity index is 2.04. The molecule has 0 bridgehead atoms. The van der Waals surface area contributed by atoms with Crippen LogP contribution in [0, 0.1) is 5.92 Å². The topological polar surface area (TPSA) is 76.7 Å². The smallest absolute Gasteiger partial charge is 0.436 e. The zero-order valence-corrected chi connectivity index (χ0v) is 15.7. The highest BCUT2D eigenvalue weighted by molar-refractivity contribution is 5.88. The molecular formula is C18H29F3N2O4. The minimum atomic E-state index is -5.06. The van der Waals surface area contributed by atoms with Crippen molar-refractivity contribution >= 4 is 11.9 Å². The van der Waals surface area contributed by atoms with Crippen molar-refractivity contribution in [3.63, 3.8) is 0 Å². The number of esters is 1. The summed E-state index contributed by atoms with van der Waals surface area (Å²) >= 11 is 0. The Morgan fingerprint density at radius 2 is 1.81 bits per heavy atom. The molecule has 0 aromatic carbocycles. The second-order valence-corrected chi connectivity index (χ2v) is 7.35. The lowest BCUT2D eigenvalue weighted by Crippen LogP contribution is -2.73. The van der Waals surface area contributed by atoms with Gasteiger partial charge in [0.05, 0.1) is 13.2 Å². The maximum absolute atomic E-state index is 13.8. The predicted octanol–water partition coefficient (Wildman–Crippen LogP) is 2.66. The molecule has 6 nitrogen and oxygen atoms in total. The molecule has 1 heterocycles. The summed E-state index contributed by atoms with van der Waals surface area (Å²) in [5.41, 5.74) is -3.27. The van der Waals surface area contributed by atoms with Crippen LogP contribution in [0.25, 0.3) is 0 Å². The maximum atomic E-state index is 13.8. The van der Waals surface area contributed by atoms with Crippen LogP contribution in [0.3, 0.4) is 0 Å². The molecule has 27 heavy (non-hydrogen) atoms. The van der Waals surface area contributed by atoms with Crippen LogP contribution in [0.15, 0.2) is 0 Å². The van der Waals surface area contributed by atoms with E-state index in [9.17, 15) is 22.8 Å². The summed E-state index contributed by atoms with van der Waals surface area (Å²) in [5.74, 6) is -2.05. The number of alkyl halides is 3. The predicted molar refractivity (Wildman–Crippen MR) is 91.7 cm³/mol. The molecule has 1 aliphatic heterocycles. The Kier molecular flexibility index (Phi) is 7.91. The van der Waals surface area contributed by atoms with Gasteiger partial charge in [0.2, 0.25) is 5.91 Å². The van der Waals surface area contributed by atoms with Gasteiger partial charge in [-0.15, -0.1) is 0 Å². The average molecular weight is 394 g/mol. The number of nitrogens with one attached hydrogen (secondary N) is 2. The molecule has 9 heteroatoms. The molecule has 2 aliphatic rings. The van der Waals surface area contributed by atoms with Crippen LogP contribution < -0.4 is 10.6 Å². The molecule has 1 saturated carbocycles. The van der Waals surface area contributed by atoms with E-state index in [2.05, 4.69) is 10.1 Å². The fourth-order valence-electron chi connectivity index (χ4n) is 3.76. The van der Waals surface area contributed by atoms with Crippen LogP contribution in [-0.2, 0) is 19.1 Å². The Morgan fingerprint density at radius 3 is 2.37 bits per heavy atom. The Labute approximate surface area is 157 Å². The zero-order valence-electron chi connectivity index (χ0n) is 15.7. The number of rotatable bonds is 8. The van der Waals surface area contributed by atoms with Crippen molar-refractivity contribution in [3.8, 4) is 0 Å². The third-order valence-corrected chi connectivity index (χ3v) is 5.37. The van der Waals surface area contributed by atoms with Crippen LogP contribution in [-0.4, -0.2) is 50.1 Å². The molecule has 1 saturated heterocycles. The lowest BCUT2D eigenvalue weighted by Gasteiger charge is -2.35. The lowest BCUT2D eigenvalue weighted by atomic mass is 9.86. The Bertz CT molecular complexity index is 503. The van der Waals surface area contributed by atoms with Gasteiger partial charge < -0.3 is 14.8 Å². The maximum Gasteiger partial charge on any atom is 0.436 e. The van der Waals surface area contributed by atoms with Crippen LogP contribution in [0.4, 0.5) is 13.2 Å². The normalized spacial score (nSPS) is 23.6. The highest BCUT2D eigenvalue weighted by atomic mass is 19.4. The monoisotopic (exact) mass is 394 g/mol. The third kappa shape index (κ3) is 5.81. The first-order valence-corrected chi connectivity index (χ1v) is 9.61. The highest BCUT2D eigenvalue weighted by Gasteiger charge is 2.63. The minimum Gasteiger partial charge on any atom is -0.466 e. The zero-order chi connectivity index (χ0) is 19.9. The lowest BCUT2D eigenvalue weighted by molar-refractivity contribution is -0.221. The number of methoxy groups -OCH3 is 1. The molecule has 2 N–H and O–H groups in total. The van der Waals surface area contributed by atoms with Crippen LogP contribution in [0.2, 0.25) is 0 Å². The molecule has 1 aliphatic carbocycles. The van der Waals surface area contributed by atoms with Crippen molar-refractivity contribution in [3.05, 3.63) is 0 Å². The third-order valence-electron chi connectivity index (χ3n) is 5.37. The van der Waals surface area contributed by atoms with Crippen LogP contribution >= 0.6 is 0 Å². The minimum absolute atomic E-state index is 0.0545. The van der Waals surface area contributed by atoms with Gasteiger partial charge in [0.1, 0.15) is 0 Å². The number of carbonyl (C=O) groups is 2.